The van der Waals surface area contributed by atoms with Crippen molar-refractivity contribution in [3.63, 3.8) is 0 Å². The topological polar surface area (TPSA) is 81.9 Å². The summed E-state index contributed by atoms with van der Waals surface area (Å²) in [7, 11) is 0. The van der Waals surface area contributed by atoms with Crippen LogP contribution in [0.15, 0.2) is 61.2 Å². The first-order valence-electron chi connectivity index (χ1n) is 7.05. The first kappa shape index (κ1) is 14.9. The second-order valence-corrected chi connectivity index (χ2v) is 4.75. The lowest BCUT2D eigenvalue weighted by molar-refractivity contribution is -0.121. The molecule has 0 fully saturated rings. The van der Waals surface area contributed by atoms with Gasteiger partial charge in [0.15, 0.2) is 0 Å². The van der Waals surface area contributed by atoms with E-state index in [9.17, 15) is 4.79 Å². The summed E-state index contributed by atoms with van der Waals surface area (Å²) in [5.74, 6) is 0.185. The zero-order valence-corrected chi connectivity index (χ0v) is 12.3. The zero-order chi connectivity index (χ0) is 15.9. The van der Waals surface area contributed by atoms with Crippen molar-refractivity contribution in [1.29, 1.82) is 0 Å². The number of amides is 1. The molecular formula is C16H15N5O2. The molecule has 116 valence electrons. The lowest BCUT2D eigenvalue weighted by Crippen LogP contribution is -2.18. The Balaban J connectivity index is 1.48. The smallest absolute Gasteiger partial charge is 0.250 e. The number of aromatic nitrogens is 4. The van der Waals surface area contributed by atoms with Crippen LogP contribution in [0.2, 0.25) is 0 Å². The van der Waals surface area contributed by atoms with Gasteiger partial charge >= 0.3 is 0 Å². The van der Waals surface area contributed by atoms with Gasteiger partial charge in [-0.2, -0.15) is 5.10 Å². The second-order valence-electron chi connectivity index (χ2n) is 4.75. The van der Waals surface area contributed by atoms with E-state index in [0.29, 0.717) is 18.2 Å². The van der Waals surface area contributed by atoms with Crippen molar-refractivity contribution in [2.45, 2.75) is 6.61 Å². The van der Waals surface area contributed by atoms with Crippen LogP contribution >= 0.6 is 0 Å². The van der Waals surface area contributed by atoms with Gasteiger partial charge in [-0.3, -0.25) is 4.79 Å². The van der Waals surface area contributed by atoms with Crippen molar-refractivity contribution in [2.24, 2.45) is 0 Å². The Morgan fingerprint density at radius 3 is 2.61 bits per heavy atom. The summed E-state index contributed by atoms with van der Waals surface area (Å²) in [6, 6.07) is 11.5. The Morgan fingerprint density at radius 2 is 1.91 bits per heavy atom. The van der Waals surface area contributed by atoms with Crippen LogP contribution < -0.4 is 5.32 Å². The lowest BCUT2D eigenvalue weighted by Gasteiger charge is -2.06. The molecule has 2 aromatic heterocycles. The Hall–Kier alpha value is -3.06. The quantitative estimate of drug-likeness (QED) is 0.751. The number of nitrogens with zero attached hydrogens (tertiary/aromatic N) is 4. The van der Waals surface area contributed by atoms with Gasteiger partial charge < -0.3 is 10.1 Å². The first-order valence-corrected chi connectivity index (χ1v) is 7.05. The Bertz CT molecular complexity index is 742. The Labute approximate surface area is 133 Å². The third-order valence-corrected chi connectivity index (χ3v) is 2.98. The van der Waals surface area contributed by atoms with Gasteiger partial charge in [0, 0.05) is 12.4 Å². The van der Waals surface area contributed by atoms with Crippen LogP contribution in [0, 0.1) is 0 Å². The van der Waals surface area contributed by atoms with Gasteiger partial charge in [0.2, 0.25) is 5.91 Å². The zero-order valence-electron chi connectivity index (χ0n) is 12.3. The molecule has 7 nitrogen and oxygen atoms in total. The number of carbonyl (C=O) groups excluding carboxylic acids is 1. The molecule has 0 bridgehead atoms. The number of carbonyl (C=O) groups is 1. The van der Waals surface area contributed by atoms with Crippen LogP contribution in [0.25, 0.3) is 5.95 Å². The van der Waals surface area contributed by atoms with Gasteiger partial charge in [0.25, 0.3) is 5.95 Å². The highest BCUT2D eigenvalue weighted by molar-refractivity contribution is 5.91. The lowest BCUT2D eigenvalue weighted by atomic mass is 10.2. The van der Waals surface area contributed by atoms with Crippen molar-refractivity contribution in [2.75, 3.05) is 11.9 Å². The average Bonchev–Trinajstić information content (AvgIpc) is 3.11. The summed E-state index contributed by atoms with van der Waals surface area (Å²) in [6.45, 7) is 0.360. The molecule has 0 saturated heterocycles. The number of hydrogen-bond acceptors (Lipinski definition) is 5. The summed E-state index contributed by atoms with van der Waals surface area (Å²) < 4.78 is 6.91. The van der Waals surface area contributed by atoms with E-state index >= 15 is 0 Å². The highest BCUT2D eigenvalue weighted by Gasteiger charge is 2.05. The minimum absolute atomic E-state index is 0.0319. The third kappa shape index (κ3) is 4.21. The van der Waals surface area contributed by atoms with Crippen LogP contribution in [0.3, 0.4) is 0 Å². The van der Waals surface area contributed by atoms with Gasteiger partial charge in [0.05, 0.1) is 24.7 Å². The fraction of sp³-hybridized carbons (Fsp3) is 0.125. The van der Waals surface area contributed by atoms with Crippen molar-refractivity contribution in [3.8, 4) is 5.95 Å². The fourth-order valence-electron chi connectivity index (χ4n) is 1.92. The van der Waals surface area contributed by atoms with Crippen LogP contribution in [-0.2, 0) is 16.1 Å². The molecule has 0 unspecified atom stereocenters. The monoisotopic (exact) mass is 309 g/mol. The van der Waals surface area contributed by atoms with Gasteiger partial charge in [-0.15, -0.1) is 0 Å². The Kier molecular flexibility index (Phi) is 4.70. The number of benzene rings is 1. The maximum atomic E-state index is 11.8. The molecule has 0 spiro atoms. The van der Waals surface area contributed by atoms with E-state index in [0.717, 1.165) is 5.56 Å². The van der Waals surface area contributed by atoms with Gasteiger partial charge in [0.1, 0.15) is 6.61 Å². The maximum Gasteiger partial charge on any atom is 0.250 e. The average molecular weight is 309 g/mol. The molecule has 3 rings (SSSR count). The minimum atomic E-state index is -0.253. The van der Waals surface area contributed by atoms with E-state index in [2.05, 4.69) is 20.4 Å². The largest absolute Gasteiger partial charge is 0.367 e. The normalized spacial score (nSPS) is 10.4. The number of hydrogen-bond donors (Lipinski definition) is 1. The van der Waals surface area contributed by atoms with E-state index in [4.69, 9.17) is 4.74 Å². The number of ether oxygens (including phenoxy) is 1. The molecule has 7 heteroatoms. The van der Waals surface area contributed by atoms with Crippen LogP contribution in [0.1, 0.15) is 5.56 Å². The van der Waals surface area contributed by atoms with Crippen molar-refractivity contribution < 1.29 is 9.53 Å². The molecule has 3 aromatic rings. The van der Waals surface area contributed by atoms with Crippen LogP contribution in [0.5, 0.6) is 0 Å². The van der Waals surface area contributed by atoms with E-state index in [1.54, 1.807) is 18.5 Å². The molecule has 0 saturated carbocycles. The van der Waals surface area contributed by atoms with Gasteiger partial charge in [-0.1, -0.05) is 30.3 Å². The SMILES string of the molecule is O=C(COCc1ccccc1)Nc1cnc(-n2cccn2)nc1. The number of nitrogens with one attached hydrogen (secondary N) is 1. The van der Waals surface area contributed by atoms with Crippen LogP contribution in [0.4, 0.5) is 5.69 Å². The molecule has 1 amide bonds. The fourth-order valence-corrected chi connectivity index (χ4v) is 1.92. The molecule has 1 N–H and O–H groups in total. The molecule has 0 atom stereocenters. The second kappa shape index (κ2) is 7.28. The molecule has 1 aromatic carbocycles. The van der Waals surface area contributed by atoms with Crippen molar-refractivity contribution >= 4 is 11.6 Å². The molecular weight excluding hydrogens is 294 g/mol. The highest BCUT2D eigenvalue weighted by atomic mass is 16.5. The predicted molar refractivity (Wildman–Crippen MR) is 83.9 cm³/mol. The first-order chi connectivity index (χ1) is 11.3. The van der Waals surface area contributed by atoms with Crippen molar-refractivity contribution in [3.05, 3.63) is 66.7 Å². The number of anilines is 1. The molecule has 23 heavy (non-hydrogen) atoms. The molecule has 0 aliphatic heterocycles. The highest BCUT2D eigenvalue weighted by Crippen LogP contribution is 2.06. The molecule has 0 aliphatic carbocycles. The summed E-state index contributed by atoms with van der Waals surface area (Å²) in [6.07, 6.45) is 6.44. The minimum Gasteiger partial charge on any atom is -0.367 e. The summed E-state index contributed by atoms with van der Waals surface area (Å²) in [4.78, 5) is 20.1. The summed E-state index contributed by atoms with van der Waals surface area (Å²) >= 11 is 0. The van der Waals surface area contributed by atoms with E-state index < -0.39 is 0 Å². The summed E-state index contributed by atoms with van der Waals surface area (Å²) in [5, 5.41) is 6.71. The van der Waals surface area contributed by atoms with Crippen LogP contribution in [-0.4, -0.2) is 32.3 Å². The molecule has 0 aliphatic rings. The Morgan fingerprint density at radius 1 is 1.13 bits per heavy atom. The van der Waals surface area contributed by atoms with E-state index in [-0.39, 0.29) is 12.5 Å². The van der Waals surface area contributed by atoms with Crippen molar-refractivity contribution in [1.82, 2.24) is 19.7 Å². The summed E-state index contributed by atoms with van der Waals surface area (Å²) in [5.41, 5.74) is 1.53. The maximum absolute atomic E-state index is 11.8. The van der Waals surface area contributed by atoms with E-state index in [1.165, 1.54) is 17.1 Å². The molecule has 2 heterocycles. The van der Waals surface area contributed by atoms with Gasteiger partial charge in [-0.25, -0.2) is 14.6 Å². The standard InChI is InChI=1S/C16H15N5O2/c22-15(12-23-11-13-5-2-1-3-6-13)20-14-9-17-16(18-10-14)21-8-4-7-19-21/h1-10H,11-12H2,(H,20,22). The van der Waals surface area contributed by atoms with Gasteiger partial charge in [-0.05, 0) is 11.6 Å². The van der Waals surface area contributed by atoms with E-state index in [1.807, 2.05) is 30.3 Å². The number of rotatable bonds is 6. The molecule has 0 radical (unpaired) electrons. The third-order valence-electron chi connectivity index (χ3n) is 2.98. The predicted octanol–water partition coefficient (Wildman–Crippen LogP) is 1.82.